The first kappa shape index (κ1) is 15.0. The van der Waals surface area contributed by atoms with Crippen LogP contribution in [0.3, 0.4) is 0 Å². The second kappa shape index (κ2) is 11.5. The Kier molecular flexibility index (Phi) is 13.3. The normalized spacial score (nSPS) is 11.8. The molecule has 0 bridgehead atoms. The molecule has 0 aromatic carbocycles. The molecule has 0 aliphatic heterocycles. The first-order valence-electron chi connectivity index (χ1n) is 4.68. The first-order valence-corrected chi connectivity index (χ1v) is 5.90. The lowest BCUT2D eigenvalue weighted by Crippen LogP contribution is -1.80. The molecule has 0 rings (SSSR count). The van der Waals surface area contributed by atoms with Crippen LogP contribution in [-0.4, -0.2) is 12.5 Å². The van der Waals surface area contributed by atoms with Gasteiger partial charge in [0.2, 0.25) is 0 Å². The third kappa shape index (κ3) is 6.64. The van der Waals surface area contributed by atoms with Gasteiger partial charge in [0.1, 0.15) is 0 Å². The van der Waals surface area contributed by atoms with E-state index in [1.54, 1.807) is 11.8 Å². The summed E-state index contributed by atoms with van der Waals surface area (Å²) in [6, 6.07) is 0. The predicted octanol–water partition coefficient (Wildman–Crippen LogP) is 4.27. The zero-order chi connectivity index (χ0) is 10.7. The van der Waals surface area contributed by atoms with Crippen LogP contribution in [-0.2, 0) is 0 Å². The molecule has 0 saturated heterocycles. The summed E-state index contributed by atoms with van der Waals surface area (Å²) in [4.78, 5) is 4.23. The van der Waals surface area contributed by atoms with Crippen molar-refractivity contribution in [3.05, 3.63) is 23.3 Å². The van der Waals surface area contributed by atoms with Gasteiger partial charge in [0, 0.05) is 6.21 Å². The molecule has 1 nitrogen and oxygen atoms in total. The van der Waals surface area contributed by atoms with Crippen LogP contribution in [0.4, 0.5) is 0 Å². The molecule has 0 amide bonds. The summed E-state index contributed by atoms with van der Waals surface area (Å²) in [6.07, 6.45) is 6.71. The molecule has 0 heterocycles. The van der Waals surface area contributed by atoms with Gasteiger partial charge in [-0.25, -0.2) is 0 Å². The van der Waals surface area contributed by atoms with Crippen molar-refractivity contribution in [3.8, 4) is 0 Å². The highest BCUT2D eigenvalue weighted by Crippen LogP contribution is 2.20. The van der Waals surface area contributed by atoms with Crippen LogP contribution in [0.5, 0.6) is 0 Å². The molecule has 0 aliphatic carbocycles. The Bertz CT molecular complexity index is 181. The average molecular weight is 199 g/mol. The van der Waals surface area contributed by atoms with E-state index in [4.69, 9.17) is 0 Å². The molecule has 0 atom stereocenters. The largest absolute Gasteiger partial charge is 0.254 e. The summed E-state index contributed by atoms with van der Waals surface area (Å²) >= 11 is 1.66. The Balaban J connectivity index is 0. The molecule has 76 valence electrons. The zero-order valence-electron chi connectivity index (χ0n) is 9.42. The van der Waals surface area contributed by atoms with Gasteiger partial charge in [-0.05, 0) is 25.2 Å². The van der Waals surface area contributed by atoms with Crippen molar-refractivity contribution >= 4 is 18.0 Å². The van der Waals surface area contributed by atoms with Crippen LogP contribution in [0.2, 0.25) is 0 Å². The number of allylic oxidation sites excluding steroid dienone is 2. The van der Waals surface area contributed by atoms with Gasteiger partial charge in [-0.3, -0.25) is 4.99 Å². The van der Waals surface area contributed by atoms with Crippen LogP contribution < -0.4 is 0 Å². The smallest absolute Gasteiger partial charge is 0.0984 e. The summed E-state index contributed by atoms with van der Waals surface area (Å²) in [7, 11) is 0. The van der Waals surface area contributed by atoms with E-state index < -0.39 is 0 Å². The van der Waals surface area contributed by atoms with E-state index in [-0.39, 0.29) is 0 Å². The van der Waals surface area contributed by atoms with Crippen molar-refractivity contribution < 1.29 is 0 Å². The SMILES string of the molecule is C=C/C(CC)=C(\N=C/C)SC.CC. The van der Waals surface area contributed by atoms with Crippen molar-refractivity contribution in [1.29, 1.82) is 0 Å². The summed E-state index contributed by atoms with van der Waals surface area (Å²) in [6.45, 7) is 11.8. The molecule has 0 unspecified atom stereocenters. The third-order valence-corrected chi connectivity index (χ3v) is 2.10. The van der Waals surface area contributed by atoms with Crippen LogP contribution >= 0.6 is 11.8 Å². The third-order valence-electron chi connectivity index (χ3n) is 1.34. The van der Waals surface area contributed by atoms with Crippen molar-refractivity contribution in [2.45, 2.75) is 34.1 Å². The number of aliphatic imine (C=N–C) groups is 1. The van der Waals surface area contributed by atoms with Gasteiger partial charge in [0.15, 0.2) is 0 Å². The van der Waals surface area contributed by atoms with Crippen molar-refractivity contribution in [2.24, 2.45) is 4.99 Å². The summed E-state index contributed by atoms with van der Waals surface area (Å²) in [5, 5.41) is 1.07. The first-order chi connectivity index (χ1) is 6.29. The van der Waals surface area contributed by atoms with Crippen molar-refractivity contribution in [3.63, 3.8) is 0 Å². The second-order valence-corrected chi connectivity index (χ2v) is 2.77. The molecule has 0 radical (unpaired) electrons. The van der Waals surface area contributed by atoms with E-state index in [1.807, 2.05) is 39.3 Å². The fourth-order valence-corrected chi connectivity index (χ4v) is 1.47. The van der Waals surface area contributed by atoms with Crippen LogP contribution in [0.15, 0.2) is 28.2 Å². The van der Waals surface area contributed by atoms with Crippen molar-refractivity contribution in [2.75, 3.05) is 6.26 Å². The van der Waals surface area contributed by atoms with Gasteiger partial charge >= 0.3 is 0 Å². The molecule has 2 heteroatoms. The molecule has 0 aromatic heterocycles. The highest BCUT2D eigenvalue weighted by atomic mass is 32.2. The lowest BCUT2D eigenvalue weighted by atomic mass is 10.2. The van der Waals surface area contributed by atoms with E-state index in [9.17, 15) is 0 Å². The Morgan fingerprint density at radius 2 is 2.00 bits per heavy atom. The minimum atomic E-state index is 0.997. The summed E-state index contributed by atoms with van der Waals surface area (Å²) < 4.78 is 0. The lowest BCUT2D eigenvalue weighted by molar-refractivity contribution is 1.13. The monoisotopic (exact) mass is 199 g/mol. The molecule has 0 saturated carbocycles. The molecule has 0 aliphatic rings. The number of hydrogen-bond donors (Lipinski definition) is 0. The minimum absolute atomic E-state index is 0.997. The molecule has 13 heavy (non-hydrogen) atoms. The van der Waals surface area contributed by atoms with E-state index in [0.29, 0.717) is 0 Å². The number of rotatable bonds is 4. The molecular formula is C11H21NS. The van der Waals surface area contributed by atoms with Gasteiger partial charge in [-0.2, -0.15) is 0 Å². The minimum Gasteiger partial charge on any atom is -0.254 e. The lowest BCUT2D eigenvalue weighted by Gasteiger charge is -2.01. The van der Waals surface area contributed by atoms with E-state index in [2.05, 4.69) is 18.5 Å². The molecule has 0 spiro atoms. The van der Waals surface area contributed by atoms with Crippen LogP contribution in [0.25, 0.3) is 0 Å². The summed E-state index contributed by atoms with van der Waals surface area (Å²) in [5.74, 6) is 0. The van der Waals surface area contributed by atoms with Gasteiger partial charge in [0.25, 0.3) is 0 Å². The quantitative estimate of drug-likeness (QED) is 0.486. The van der Waals surface area contributed by atoms with E-state index >= 15 is 0 Å². The maximum Gasteiger partial charge on any atom is 0.0984 e. The standard InChI is InChI=1S/C9H15NS.C2H6/c1-5-8(6-2)9(11-4)10-7-3;1-2/h5,7H,1,6H2,2-4H3;1-2H3/b9-8-,10-7-;. The molecule has 0 N–H and O–H groups in total. The van der Waals surface area contributed by atoms with Gasteiger partial charge in [0.05, 0.1) is 5.03 Å². The predicted molar refractivity (Wildman–Crippen MR) is 66.5 cm³/mol. The highest BCUT2D eigenvalue weighted by Gasteiger charge is 1.96. The summed E-state index contributed by atoms with van der Waals surface area (Å²) in [5.41, 5.74) is 1.22. The maximum atomic E-state index is 4.23. The Labute approximate surface area is 87.0 Å². The Morgan fingerprint density at radius 1 is 1.46 bits per heavy atom. The van der Waals surface area contributed by atoms with Gasteiger partial charge in [-0.1, -0.05) is 33.4 Å². The molecular weight excluding hydrogens is 178 g/mol. The Hall–Kier alpha value is -0.500. The topological polar surface area (TPSA) is 12.4 Å². The average Bonchev–Trinajstić information content (AvgIpc) is 2.21. The van der Waals surface area contributed by atoms with Gasteiger partial charge < -0.3 is 0 Å². The fourth-order valence-electron chi connectivity index (χ4n) is 0.767. The zero-order valence-corrected chi connectivity index (χ0v) is 10.2. The number of thioether (sulfide) groups is 1. The maximum absolute atomic E-state index is 4.23. The van der Waals surface area contributed by atoms with Crippen LogP contribution in [0.1, 0.15) is 34.1 Å². The fraction of sp³-hybridized carbons (Fsp3) is 0.545. The highest BCUT2D eigenvalue weighted by molar-refractivity contribution is 8.02. The number of hydrogen-bond acceptors (Lipinski definition) is 2. The van der Waals surface area contributed by atoms with Gasteiger partial charge in [-0.15, -0.1) is 11.8 Å². The number of nitrogens with zero attached hydrogens (tertiary/aromatic N) is 1. The van der Waals surface area contributed by atoms with Crippen LogP contribution in [0, 0.1) is 0 Å². The van der Waals surface area contributed by atoms with Crippen molar-refractivity contribution in [1.82, 2.24) is 0 Å². The van der Waals surface area contributed by atoms with E-state index in [1.165, 1.54) is 5.57 Å². The molecule has 0 fully saturated rings. The molecule has 0 aromatic rings. The second-order valence-electron chi connectivity index (χ2n) is 1.98. The Morgan fingerprint density at radius 3 is 2.23 bits per heavy atom. The van der Waals surface area contributed by atoms with E-state index in [0.717, 1.165) is 11.4 Å².